The number of thioether (sulfide) groups is 1. The van der Waals surface area contributed by atoms with Crippen LogP contribution in [-0.2, 0) is 9.54 Å². The standard InChI is InChI=1S/C23H22N2O3S/c24-21(26)20(25-22(27)28)16-29-23(17-10-4-1-5-11-17,18-12-6-2-7-13-18)19-14-8-3-9-15-19/h1-15,20,25H,16H2,(H2,24,26)(H,27,28)/t20-/m1/s1. The average molecular weight is 407 g/mol. The Labute approximate surface area is 174 Å². The minimum absolute atomic E-state index is 0.181. The summed E-state index contributed by atoms with van der Waals surface area (Å²) in [6.45, 7) is 0. The Hall–Kier alpha value is -3.25. The second-order valence-electron chi connectivity index (χ2n) is 6.49. The van der Waals surface area contributed by atoms with Gasteiger partial charge in [-0.05, 0) is 16.7 Å². The molecular formula is C23H22N2O3S. The third-order valence-corrected chi connectivity index (χ3v) is 6.29. The Morgan fingerprint density at radius 2 is 1.21 bits per heavy atom. The minimum Gasteiger partial charge on any atom is -0.465 e. The van der Waals surface area contributed by atoms with Crippen molar-refractivity contribution in [2.45, 2.75) is 10.8 Å². The largest absolute Gasteiger partial charge is 0.465 e. The van der Waals surface area contributed by atoms with Gasteiger partial charge in [-0.1, -0.05) is 91.0 Å². The lowest BCUT2D eigenvalue weighted by Gasteiger charge is -2.36. The first-order chi connectivity index (χ1) is 14.0. The van der Waals surface area contributed by atoms with Crippen molar-refractivity contribution >= 4 is 23.8 Å². The smallest absolute Gasteiger partial charge is 0.405 e. The van der Waals surface area contributed by atoms with E-state index in [4.69, 9.17) is 10.8 Å². The van der Waals surface area contributed by atoms with Crippen LogP contribution in [-0.4, -0.2) is 28.9 Å². The number of carbonyl (C=O) groups excluding carboxylic acids is 1. The number of nitrogens with one attached hydrogen (secondary N) is 1. The summed E-state index contributed by atoms with van der Waals surface area (Å²) in [5, 5.41) is 11.3. The first-order valence-corrected chi connectivity index (χ1v) is 10.1. The van der Waals surface area contributed by atoms with Crippen LogP contribution in [0.3, 0.4) is 0 Å². The summed E-state index contributed by atoms with van der Waals surface area (Å²) in [4.78, 5) is 23.0. The van der Waals surface area contributed by atoms with Gasteiger partial charge in [0.15, 0.2) is 0 Å². The van der Waals surface area contributed by atoms with Crippen molar-refractivity contribution in [3.63, 3.8) is 0 Å². The van der Waals surface area contributed by atoms with Crippen LogP contribution in [0.5, 0.6) is 0 Å². The van der Waals surface area contributed by atoms with Crippen LogP contribution in [0, 0.1) is 0 Å². The molecule has 0 bridgehead atoms. The van der Waals surface area contributed by atoms with E-state index in [1.54, 1.807) is 0 Å². The molecule has 3 rings (SSSR count). The molecule has 0 aliphatic heterocycles. The zero-order valence-corrected chi connectivity index (χ0v) is 16.5. The van der Waals surface area contributed by atoms with Crippen molar-refractivity contribution in [2.75, 3.05) is 5.75 Å². The summed E-state index contributed by atoms with van der Waals surface area (Å²) in [5.74, 6) is -0.525. The Morgan fingerprint density at radius 1 is 0.828 bits per heavy atom. The molecular weight excluding hydrogens is 384 g/mol. The predicted molar refractivity (Wildman–Crippen MR) is 116 cm³/mol. The molecule has 0 saturated carbocycles. The second-order valence-corrected chi connectivity index (χ2v) is 7.73. The van der Waals surface area contributed by atoms with E-state index in [9.17, 15) is 9.59 Å². The molecule has 6 heteroatoms. The molecule has 0 radical (unpaired) electrons. The topological polar surface area (TPSA) is 92.4 Å². The predicted octanol–water partition coefficient (Wildman–Crippen LogP) is 3.83. The van der Waals surface area contributed by atoms with Crippen molar-refractivity contribution in [1.29, 1.82) is 0 Å². The molecule has 0 aromatic heterocycles. The molecule has 2 amide bonds. The summed E-state index contributed by atoms with van der Waals surface area (Å²) in [6.07, 6.45) is -1.28. The highest BCUT2D eigenvalue weighted by molar-refractivity contribution is 8.00. The molecule has 0 unspecified atom stereocenters. The van der Waals surface area contributed by atoms with E-state index >= 15 is 0 Å². The molecule has 148 valence electrons. The van der Waals surface area contributed by atoms with Crippen molar-refractivity contribution in [1.82, 2.24) is 5.32 Å². The quantitative estimate of drug-likeness (QED) is 0.496. The van der Waals surface area contributed by atoms with Crippen molar-refractivity contribution in [2.24, 2.45) is 5.73 Å². The molecule has 0 heterocycles. The highest BCUT2D eigenvalue weighted by Crippen LogP contribution is 2.48. The Bertz CT molecular complexity index is 853. The van der Waals surface area contributed by atoms with Crippen LogP contribution >= 0.6 is 11.8 Å². The average Bonchev–Trinajstić information content (AvgIpc) is 2.75. The lowest BCUT2D eigenvalue weighted by atomic mass is 9.84. The highest BCUT2D eigenvalue weighted by Gasteiger charge is 2.38. The highest BCUT2D eigenvalue weighted by atomic mass is 32.2. The number of benzene rings is 3. The molecule has 0 spiro atoms. The molecule has 5 nitrogen and oxygen atoms in total. The van der Waals surface area contributed by atoms with E-state index < -0.39 is 22.8 Å². The lowest BCUT2D eigenvalue weighted by Crippen LogP contribution is -2.46. The molecule has 0 aliphatic carbocycles. The summed E-state index contributed by atoms with van der Waals surface area (Å²) in [5.41, 5.74) is 8.54. The van der Waals surface area contributed by atoms with E-state index in [0.717, 1.165) is 16.7 Å². The number of nitrogens with two attached hydrogens (primary N) is 1. The summed E-state index contributed by atoms with van der Waals surface area (Å²) in [6, 6.07) is 28.9. The molecule has 4 N–H and O–H groups in total. The van der Waals surface area contributed by atoms with Gasteiger partial charge in [0.05, 0.1) is 4.75 Å². The van der Waals surface area contributed by atoms with Gasteiger partial charge in [0, 0.05) is 5.75 Å². The molecule has 3 aromatic rings. The molecule has 0 saturated heterocycles. The number of hydrogen-bond donors (Lipinski definition) is 3. The summed E-state index contributed by atoms with van der Waals surface area (Å²) in [7, 11) is 0. The first-order valence-electron chi connectivity index (χ1n) is 9.13. The maximum Gasteiger partial charge on any atom is 0.405 e. The van der Waals surface area contributed by atoms with E-state index in [2.05, 4.69) is 5.32 Å². The molecule has 0 aliphatic rings. The minimum atomic E-state index is -1.28. The number of amides is 2. The summed E-state index contributed by atoms with van der Waals surface area (Å²) >= 11 is 1.48. The fraction of sp³-hybridized carbons (Fsp3) is 0.130. The van der Waals surface area contributed by atoms with Gasteiger partial charge in [0.1, 0.15) is 6.04 Å². The van der Waals surface area contributed by atoms with Gasteiger partial charge in [-0.15, -0.1) is 11.8 Å². The zero-order valence-electron chi connectivity index (χ0n) is 15.7. The van der Waals surface area contributed by atoms with E-state index in [-0.39, 0.29) is 5.75 Å². The normalized spacial score (nSPS) is 12.1. The molecule has 0 fully saturated rings. The van der Waals surface area contributed by atoms with Crippen molar-refractivity contribution in [3.05, 3.63) is 108 Å². The molecule has 29 heavy (non-hydrogen) atoms. The Balaban J connectivity index is 2.14. The van der Waals surface area contributed by atoms with Gasteiger partial charge in [-0.3, -0.25) is 4.79 Å². The van der Waals surface area contributed by atoms with E-state index in [1.165, 1.54) is 11.8 Å². The van der Waals surface area contributed by atoms with E-state index in [1.807, 2.05) is 91.0 Å². The van der Waals surface area contributed by atoms with Crippen LogP contribution in [0.4, 0.5) is 4.79 Å². The van der Waals surface area contributed by atoms with Gasteiger partial charge < -0.3 is 16.2 Å². The van der Waals surface area contributed by atoms with Gasteiger partial charge in [-0.2, -0.15) is 0 Å². The fourth-order valence-electron chi connectivity index (χ4n) is 3.32. The van der Waals surface area contributed by atoms with Crippen molar-refractivity contribution < 1.29 is 14.7 Å². The third kappa shape index (κ3) is 4.60. The Kier molecular flexibility index (Phi) is 6.57. The van der Waals surface area contributed by atoms with Crippen molar-refractivity contribution in [3.8, 4) is 0 Å². The fourth-order valence-corrected chi connectivity index (χ4v) is 4.89. The number of carboxylic acid groups (broad SMARTS) is 1. The first kappa shape index (κ1) is 20.5. The second kappa shape index (κ2) is 9.30. The van der Waals surface area contributed by atoms with Crippen LogP contribution in [0.1, 0.15) is 16.7 Å². The number of rotatable bonds is 8. The maximum atomic E-state index is 11.8. The van der Waals surface area contributed by atoms with Gasteiger partial charge in [0.2, 0.25) is 5.91 Å². The number of hydrogen-bond acceptors (Lipinski definition) is 3. The van der Waals surface area contributed by atoms with Crippen LogP contribution in [0.2, 0.25) is 0 Å². The van der Waals surface area contributed by atoms with Gasteiger partial charge >= 0.3 is 6.09 Å². The summed E-state index contributed by atoms with van der Waals surface area (Å²) < 4.78 is -0.641. The zero-order chi connectivity index (χ0) is 20.7. The maximum absolute atomic E-state index is 11.8. The monoisotopic (exact) mass is 406 g/mol. The van der Waals surface area contributed by atoms with Crippen LogP contribution in [0.15, 0.2) is 91.0 Å². The number of carbonyl (C=O) groups is 2. The molecule has 3 aromatic carbocycles. The van der Waals surface area contributed by atoms with Gasteiger partial charge in [0.25, 0.3) is 0 Å². The lowest BCUT2D eigenvalue weighted by molar-refractivity contribution is -0.119. The SMILES string of the molecule is NC(=O)[C@@H](CSC(c1ccccc1)(c1ccccc1)c1ccccc1)NC(=O)O. The Morgan fingerprint density at radius 3 is 1.52 bits per heavy atom. The van der Waals surface area contributed by atoms with Crippen LogP contribution in [0.25, 0.3) is 0 Å². The molecule has 1 atom stereocenters. The number of primary amides is 1. The third-order valence-electron chi connectivity index (χ3n) is 4.65. The van der Waals surface area contributed by atoms with Crippen LogP contribution < -0.4 is 11.1 Å². The van der Waals surface area contributed by atoms with E-state index in [0.29, 0.717) is 0 Å². The van der Waals surface area contributed by atoms with Gasteiger partial charge in [-0.25, -0.2) is 4.79 Å².